The first-order chi connectivity index (χ1) is 6.75. The Balaban J connectivity index is 2.69. The lowest BCUT2D eigenvalue weighted by Crippen LogP contribution is -2.18. The number of nitrogens with one attached hydrogen (secondary N) is 2. The number of amidine groups is 1. The van der Waals surface area contributed by atoms with Gasteiger partial charge in [-0.05, 0) is 0 Å². The van der Waals surface area contributed by atoms with E-state index in [1.165, 1.54) is 6.20 Å². The molecule has 1 heterocycles. The van der Waals surface area contributed by atoms with Crippen LogP contribution >= 0.6 is 0 Å². The van der Waals surface area contributed by atoms with Gasteiger partial charge in [-0.25, -0.2) is 9.97 Å². The van der Waals surface area contributed by atoms with Gasteiger partial charge in [-0.2, -0.15) is 0 Å². The molecule has 0 bridgehead atoms. The minimum absolute atomic E-state index is 0.0991. The molecular weight excluding hydrogens is 182 g/mol. The Hall–Kier alpha value is -1.69. The fraction of sp³-hybridized carbons (Fsp3) is 0.375. The summed E-state index contributed by atoms with van der Waals surface area (Å²) in [5.41, 5.74) is 5.69. The third-order valence-electron chi connectivity index (χ3n) is 1.55. The summed E-state index contributed by atoms with van der Waals surface area (Å²) in [5.74, 6) is 0.412. The van der Waals surface area contributed by atoms with Crippen LogP contribution in [0.15, 0.2) is 12.4 Å². The molecule has 14 heavy (non-hydrogen) atoms. The van der Waals surface area contributed by atoms with E-state index in [0.717, 1.165) is 0 Å². The van der Waals surface area contributed by atoms with Crippen LogP contribution in [0, 0.1) is 5.41 Å². The quantitative estimate of drug-likeness (QED) is 0.344. The van der Waals surface area contributed by atoms with E-state index in [-0.39, 0.29) is 5.84 Å². The molecule has 0 radical (unpaired) electrons. The van der Waals surface area contributed by atoms with E-state index in [1.807, 2.05) is 0 Å². The highest BCUT2D eigenvalue weighted by atomic mass is 16.5. The molecule has 0 unspecified atom stereocenters. The van der Waals surface area contributed by atoms with Gasteiger partial charge in [-0.3, -0.25) is 5.41 Å². The molecule has 76 valence electrons. The summed E-state index contributed by atoms with van der Waals surface area (Å²) in [6.07, 6.45) is 3.04. The zero-order valence-corrected chi connectivity index (χ0v) is 7.95. The third kappa shape index (κ3) is 2.67. The van der Waals surface area contributed by atoms with E-state index in [9.17, 15) is 0 Å². The van der Waals surface area contributed by atoms with Crippen molar-refractivity contribution < 1.29 is 4.74 Å². The normalized spacial score (nSPS) is 9.79. The number of hydrogen-bond donors (Lipinski definition) is 3. The first-order valence-electron chi connectivity index (χ1n) is 4.14. The molecule has 6 nitrogen and oxygen atoms in total. The second-order valence-corrected chi connectivity index (χ2v) is 2.59. The Bertz CT molecular complexity index is 314. The van der Waals surface area contributed by atoms with E-state index in [2.05, 4.69) is 15.3 Å². The molecule has 0 aromatic carbocycles. The molecule has 0 amide bonds. The SMILES string of the molecule is COCCNc1nccnc1C(=N)N. The largest absolute Gasteiger partial charge is 0.383 e. The van der Waals surface area contributed by atoms with Crippen molar-refractivity contribution in [1.82, 2.24) is 9.97 Å². The summed E-state index contributed by atoms with van der Waals surface area (Å²) in [7, 11) is 1.62. The monoisotopic (exact) mass is 195 g/mol. The molecule has 0 spiro atoms. The molecule has 0 saturated carbocycles. The first kappa shape index (κ1) is 10.4. The Labute approximate surface area is 82.0 Å². The molecule has 1 rings (SSSR count). The fourth-order valence-electron chi connectivity index (χ4n) is 0.936. The number of nitrogen functional groups attached to an aromatic ring is 1. The van der Waals surface area contributed by atoms with Crippen molar-refractivity contribution in [2.24, 2.45) is 5.73 Å². The predicted molar refractivity (Wildman–Crippen MR) is 53.4 cm³/mol. The summed E-state index contributed by atoms with van der Waals surface area (Å²) in [6.45, 7) is 1.17. The van der Waals surface area contributed by atoms with Crippen LogP contribution in [-0.4, -0.2) is 36.1 Å². The van der Waals surface area contributed by atoms with Crippen molar-refractivity contribution in [3.8, 4) is 0 Å². The van der Waals surface area contributed by atoms with Crippen LogP contribution in [0.3, 0.4) is 0 Å². The van der Waals surface area contributed by atoms with Crippen molar-refractivity contribution in [2.45, 2.75) is 0 Å². The Morgan fingerprint density at radius 2 is 2.29 bits per heavy atom. The lowest BCUT2D eigenvalue weighted by molar-refractivity contribution is 0.210. The van der Waals surface area contributed by atoms with Crippen LogP contribution < -0.4 is 11.1 Å². The number of anilines is 1. The zero-order chi connectivity index (χ0) is 10.4. The van der Waals surface area contributed by atoms with Crippen LogP contribution in [-0.2, 0) is 4.74 Å². The van der Waals surface area contributed by atoms with Crippen molar-refractivity contribution in [3.63, 3.8) is 0 Å². The molecule has 6 heteroatoms. The highest BCUT2D eigenvalue weighted by Crippen LogP contribution is 2.05. The molecule has 0 aliphatic heterocycles. The Morgan fingerprint density at radius 1 is 1.57 bits per heavy atom. The minimum atomic E-state index is -0.0991. The van der Waals surface area contributed by atoms with E-state index >= 15 is 0 Å². The number of aromatic nitrogens is 2. The summed E-state index contributed by atoms with van der Waals surface area (Å²) in [4.78, 5) is 7.96. The maximum atomic E-state index is 7.26. The number of nitrogens with two attached hydrogens (primary N) is 1. The van der Waals surface area contributed by atoms with Gasteiger partial charge in [0.05, 0.1) is 6.61 Å². The molecule has 0 aliphatic carbocycles. The maximum absolute atomic E-state index is 7.26. The van der Waals surface area contributed by atoms with Crippen LogP contribution in [0.4, 0.5) is 5.82 Å². The van der Waals surface area contributed by atoms with Crippen LogP contribution in [0.25, 0.3) is 0 Å². The molecule has 1 aromatic heterocycles. The molecule has 0 fully saturated rings. The Morgan fingerprint density at radius 3 is 2.93 bits per heavy atom. The average Bonchev–Trinajstić information content (AvgIpc) is 2.19. The Kier molecular flexibility index (Phi) is 3.81. The van der Waals surface area contributed by atoms with Crippen molar-refractivity contribution >= 4 is 11.7 Å². The summed E-state index contributed by atoms with van der Waals surface area (Å²) in [6, 6.07) is 0. The second-order valence-electron chi connectivity index (χ2n) is 2.59. The molecule has 0 aliphatic rings. The van der Waals surface area contributed by atoms with Gasteiger partial charge in [0.2, 0.25) is 0 Å². The van der Waals surface area contributed by atoms with E-state index in [4.69, 9.17) is 15.9 Å². The van der Waals surface area contributed by atoms with Crippen molar-refractivity contribution in [3.05, 3.63) is 18.1 Å². The molecule has 4 N–H and O–H groups in total. The highest BCUT2D eigenvalue weighted by molar-refractivity contribution is 5.97. The number of ether oxygens (including phenoxy) is 1. The third-order valence-corrected chi connectivity index (χ3v) is 1.55. The number of methoxy groups -OCH3 is 1. The van der Waals surface area contributed by atoms with Crippen LogP contribution in [0.2, 0.25) is 0 Å². The van der Waals surface area contributed by atoms with Gasteiger partial charge in [0, 0.05) is 26.0 Å². The second kappa shape index (κ2) is 5.13. The van der Waals surface area contributed by atoms with Gasteiger partial charge in [0.25, 0.3) is 0 Å². The standard InChI is InChI=1S/C8H13N5O/c1-14-5-4-13-8-6(7(9)10)11-2-3-12-8/h2-3H,4-5H2,1H3,(H3,9,10)(H,12,13). The minimum Gasteiger partial charge on any atom is -0.383 e. The number of hydrogen-bond acceptors (Lipinski definition) is 5. The highest BCUT2D eigenvalue weighted by Gasteiger charge is 2.06. The van der Waals surface area contributed by atoms with E-state index in [0.29, 0.717) is 24.7 Å². The van der Waals surface area contributed by atoms with E-state index in [1.54, 1.807) is 13.3 Å². The summed E-state index contributed by atoms with van der Waals surface area (Å²) >= 11 is 0. The summed E-state index contributed by atoms with van der Waals surface area (Å²) < 4.78 is 4.87. The fourth-order valence-corrected chi connectivity index (χ4v) is 0.936. The topological polar surface area (TPSA) is 96.9 Å². The predicted octanol–water partition coefficient (Wildman–Crippen LogP) is -0.181. The maximum Gasteiger partial charge on any atom is 0.155 e. The molecule has 1 aromatic rings. The van der Waals surface area contributed by atoms with Crippen LogP contribution in [0.1, 0.15) is 5.69 Å². The zero-order valence-electron chi connectivity index (χ0n) is 7.95. The number of rotatable bonds is 5. The lowest BCUT2D eigenvalue weighted by atomic mass is 10.3. The van der Waals surface area contributed by atoms with Gasteiger partial charge in [-0.15, -0.1) is 0 Å². The van der Waals surface area contributed by atoms with Crippen molar-refractivity contribution in [2.75, 3.05) is 25.6 Å². The molecule has 0 saturated heterocycles. The van der Waals surface area contributed by atoms with Gasteiger partial charge < -0.3 is 15.8 Å². The number of nitrogens with zero attached hydrogens (tertiary/aromatic N) is 2. The van der Waals surface area contributed by atoms with Crippen molar-refractivity contribution in [1.29, 1.82) is 5.41 Å². The molecular formula is C8H13N5O. The van der Waals surface area contributed by atoms with E-state index < -0.39 is 0 Å². The average molecular weight is 195 g/mol. The van der Waals surface area contributed by atoms with Gasteiger partial charge >= 0.3 is 0 Å². The van der Waals surface area contributed by atoms with Gasteiger partial charge in [0.1, 0.15) is 11.5 Å². The van der Waals surface area contributed by atoms with Gasteiger partial charge in [0.15, 0.2) is 5.82 Å². The van der Waals surface area contributed by atoms with Gasteiger partial charge in [-0.1, -0.05) is 0 Å². The molecule has 0 atom stereocenters. The lowest BCUT2D eigenvalue weighted by Gasteiger charge is -2.07. The summed E-state index contributed by atoms with van der Waals surface area (Å²) in [5, 5.41) is 10.2. The smallest absolute Gasteiger partial charge is 0.155 e. The first-order valence-corrected chi connectivity index (χ1v) is 4.14. The van der Waals surface area contributed by atoms with Crippen LogP contribution in [0.5, 0.6) is 0 Å².